The van der Waals surface area contributed by atoms with E-state index in [1.807, 2.05) is 24.3 Å². The van der Waals surface area contributed by atoms with Gasteiger partial charge in [0.25, 0.3) is 0 Å². The Morgan fingerprint density at radius 1 is 1.44 bits per heavy atom. The van der Waals surface area contributed by atoms with Gasteiger partial charge < -0.3 is 14.8 Å². The molecule has 0 radical (unpaired) electrons. The number of para-hydroxylation sites is 2. The minimum absolute atomic E-state index is 0.0232. The van der Waals surface area contributed by atoms with Crippen LogP contribution < -0.4 is 10.6 Å². The number of nitrogens with one attached hydrogen (secondary N) is 2. The summed E-state index contributed by atoms with van der Waals surface area (Å²) < 4.78 is 5.41. The van der Waals surface area contributed by atoms with Crippen LogP contribution in [0.4, 0.5) is 6.01 Å². The van der Waals surface area contributed by atoms with Gasteiger partial charge in [0.1, 0.15) is 5.52 Å². The lowest BCUT2D eigenvalue weighted by molar-refractivity contribution is 0.300. The fraction of sp³-hybridized carbons (Fsp3) is 0.200. The summed E-state index contributed by atoms with van der Waals surface area (Å²) in [6, 6.07) is 7.79. The molecule has 0 bridgehead atoms. The first-order valence-electron chi connectivity index (χ1n) is 4.81. The van der Waals surface area contributed by atoms with E-state index in [-0.39, 0.29) is 6.61 Å². The summed E-state index contributed by atoms with van der Waals surface area (Å²) in [7, 11) is 0. The second kappa shape index (κ2) is 4.91. The smallest absolute Gasteiger partial charge is 0.302 e. The fourth-order valence-electron chi connectivity index (χ4n) is 1.24. The summed E-state index contributed by atoms with van der Waals surface area (Å²) in [6.07, 6.45) is 0. The molecule has 0 amide bonds. The quantitative estimate of drug-likeness (QED) is 0.695. The topological polar surface area (TPSA) is 70.3 Å². The van der Waals surface area contributed by atoms with Crippen LogP contribution in [-0.2, 0) is 0 Å². The van der Waals surface area contributed by atoms with Gasteiger partial charge in [-0.25, -0.2) is 0 Å². The molecule has 3 N–H and O–H groups in total. The molecule has 0 saturated heterocycles. The standard InChI is InChI=1S/C10H11N3O2S/c14-6-5-11-10(16)13-9-12-7-3-1-2-4-8(7)15-9/h1-4,14H,5-6H2,(H2,11,12,13,16). The molecule has 0 aliphatic rings. The Hall–Kier alpha value is -1.66. The van der Waals surface area contributed by atoms with Gasteiger partial charge in [-0.3, -0.25) is 5.32 Å². The van der Waals surface area contributed by atoms with Crippen LogP contribution >= 0.6 is 12.2 Å². The van der Waals surface area contributed by atoms with E-state index in [1.54, 1.807) is 0 Å². The van der Waals surface area contributed by atoms with E-state index in [9.17, 15) is 0 Å². The van der Waals surface area contributed by atoms with E-state index in [0.717, 1.165) is 5.52 Å². The summed E-state index contributed by atoms with van der Waals surface area (Å²) in [4.78, 5) is 4.19. The minimum atomic E-state index is 0.0232. The molecule has 1 aromatic carbocycles. The lowest BCUT2D eigenvalue weighted by Crippen LogP contribution is -2.30. The van der Waals surface area contributed by atoms with Crippen molar-refractivity contribution in [1.29, 1.82) is 0 Å². The van der Waals surface area contributed by atoms with Crippen LogP contribution in [-0.4, -0.2) is 28.4 Å². The van der Waals surface area contributed by atoms with Crippen molar-refractivity contribution in [3.05, 3.63) is 24.3 Å². The van der Waals surface area contributed by atoms with Gasteiger partial charge in [0.15, 0.2) is 10.7 Å². The Morgan fingerprint density at radius 2 is 2.25 bits per heavy atom. The van der Waals surface area contributed by atoms with Crippen molar-refractivity contribution in [2.24, 2.45) is 0 Å². The molecule has 0 saturated carbocycles. The number of hydrogen-bond acceptors (Lipinski definition) is 4. The molecule has 5 nitrogen and oxygen atoms in total. The average Bonchev–Trinajstić information content (AvgIpc) is 2.68. The highest BCUT2D eigenvalue weighted by molar-refractivity contribution is 7.80. The highest BCUT2D eigenvalue weighted by Crippen LogP contribution is 2.17. The number of aliphatic hydroxyl groups excluding tert-OH is 1. The molecule has 6 heteroatoms. The third-order valence-corrected chi connectivity index (χ3v) is 2.16. The molecule has 0 unspecified atom stereocenters. The van der Waals surface area contributed by atoms with E-state index in [2.05, 4.69) is 15.6 Å². The molecule has 16 heavy (non-hydrogen) atoms. The Labute approximate surface area is 97.5 Å². The van der Waals surface area contributed by atoms with Gasteiger partial charge in [-0.05, 0) is 24.4 Å². The lowest BCUT2D eigenvalue weighted by atomic mass is 10.3. The molecule has 0 spiro atoms. The molecule has 0 aliphatic carbocycles. The van der Waals surface area contributed by atoms with Crippen molar-refractivity contribution in [1.82, 2.24) is 10.3 Å². The zero-order chi connectivity index (χ0) is 11.4. The van der Waals surface area contributed by atoms with E-state index in [1.165, 1.54) is 0 Å². The van der Waals surface area contributed by atoms with E-state index in [4.69, 9.17) is 21.7 Å². The van der Waals surface area contributed by atoms with Crippen molar-refractivity contribution < 1.29 is 9.52 Å². The SMILES string of the molecule is OCCNC(=S)Nc1nc2ccccc2o1. The maximum absolute atomic E-state index is 8.61. The maximum atomic E-state index is 8.61. The Bertz CT molecular complexity index is 465. The van der Waals surface area contributed by atoms with Gasteiger partial charge in [-0.2, -0.15) is 4.98 Å². The van der Waals surface area contributed by atoms with Gasteiger partial charge in [0.2, 0.25) is 0 Å². The van der Waals surface area contributed by atoms with Crippen LogP contribution in [0.3, 0.4) is 0 Å². The third kappa shape index (κ3) is 2.47. The first-order chi connectivity index (χ1) is 7.79. The van der Waals surface area contributed by atoms with Gasteiger partial charge in [0, 0.05) is 6.54 Å². The number of aliphatic hydroxyl groups is 1. The van der Waals surface area contributed by atoms with Gasteiger partial charge in [-0.1, -0.05) is 12.1 Å². The van der Waals surface area contributed by atoms with E-state index in [0.29, 0.717) is 23.3 Å². The van der Waals surface area contributed by atoms with Crippen molar-refractivity contribution in [2.45, 2.75) is 0 Å². The van der Waals surface area contributed by atoms with Gasteiger partial charge in [-0.15, -0.1) is 0 Å². The molecule has 0 atom stereocenters. The molecule has 0 fully saturated rings. The Morgan fingerprint density at radius 3 is 3.00 bits per heavy atom. The first kappa shape index (κ1) is 10.8. The van der Waals surface area contributed by atoms with Crippen LogP contribution in [0, 0.1) is 0 Å². The third-order valence-electron chi connectivity index (χ3n) is 1.91. The highest BCUT2D eigenvalue weighted by atomic mass is 32.1. The predicted molar refractivity (Wildman–Crippen MR) is 65.3 cm³/mol. The summed E-state index contributed by atoms with van der Waals surface area (Å²) in [5, 5.41) is 14.6. The normalized spacial score (nSPS) is 10.3. The molecular weight excluding hydrogens is 226 g/mol. The zero-order valence-electron chi connectivity index (χ0n) is 8.43. The van der Waals surface area contributed by atoms with Crippen LogP contribution in [0.5, 0.6) is 0 Å². The molecule has 2 aromatic rings. The maximum Gasteiger partial charge on any atom is 0.302 e. The summed E-state index contributed by atoms with van der Waals surface area (Å²) in [5.41, 5.74) is 1.48. The predicted octanol–water partition coefficient (Wildman–Crippen LogP) is 1.11. The first-order valence-corrected chi connectivity index (χ1v) is 5.21. The second-order valence-corrected chi connectivity index (χ2v) is 3.50. The van der Waals surface area contributed by atoms with Crippen LogP contribution in [0.1, 0.15) is 0 Å². The summed E-state index contributed by atoms with van der Waals surface area (Å²) in [6.45, 7) is 0.418. The summed E-state index contributed by atoms with van der Waals surface area (Å²) >= 11 is 4.97. The number of benzene rings is 1. The molecular formula is C10H11N3O2S. The Balaban J connectivity index is 2.07. The molecule has 1 heterocycles. The van der Waals surface area contributed by atoms with Crippen LogP contribution in [0.15, 0.2) is 28.7 Å². The van der Waals surface area contributed by atoms with Gasteiger partial charge in [0.05, 0.1) is 6.61 Å². The summed E-state index contributed by atoms with van der Waals surface area (Å²) in [5.74, 6) is 0. The largest absolute Gasteiger partial charge is 0.423 e. The average molecular weight is 237 g/mol. The Kier molecular flexibility index (Phi) is 3.33. The van der Waals surface area contributed by atoms with E-state index < -0.39 is 0 Å². The molecule has 84 valence electrons. The van der Waals surface area contributed by atoms with Crippen molar-refractivity contribution in [3.8, 4) is 0 Å². The number of thiocarbonyl (C=S) groups is 1. The van der Waals surface area contributed by atoms with Crippen molar-refractivity contribution in [2.75, 3.05) is 18.5 Å². The van der Waals surface area contributed by atoms with Crippen molar-refractivity contribution in [3.63, 3.8) is 0 Å². The number of nitrogens with zero attached hydrogens (tertiary/aromatic N) is 1. The lowest BCUT2D eigenvalue weighted by Gasteiger charge is -2.04. The number of anilines is 1. The molecule has 1 aromatic heterocycles. The highest BCUT2D eigenvalue weighted by Gasteiger charge is 2.05. The fourth-order valence-corrected chi connectivity index (χ4v) is 1.43. The second-order valence-electron chi connectivity index (χ2n) is 3.09. The van der Waals surface area contributed by atoms with E-state index >= 15 is 0 Å². The number of fused-ring (bicyclic) bond motifs is 1. The van der Waals surface area contributed by atoms with Gasteiger partial charge >= 0.3 is 6.01 Å². The van der Waals surface area contributed by atoms with Crippen molar-refractivity contribution >= 4 is 34.4 Å². The zero-order valence-corrected chi connectivity index (χ0v) is 9.25. The number of rotatable bonds is 3. The van der Waals surface area contributed by atoms with Crippen LogP contribution in [0.2, 0.25) is 0 Å². The molecule has 0 aliphatic heterocycles. The van der Waals surface area contributed by atoms with Crippen LogP contribution in [0.25, 0.3) is 11.1 Å². The monoisotopic (exact) mass is 237 g/mol. The number of aromatic nitrogens is 1. The molecule has 2 rings (SSSR count). The minimum Gasteiger partial charge on any atom is -0.423 e. The number of hydrogen-bond donors (Lipinski definition) is 3. The number of oxazole rings is 1.